The highest BCUT2D eigenvalue weighted by Crippen LogP contribution is 2.18. The van der Waals surface area contributed by atoms with Crippen molar-refractivity contribution in [2.75, 3.05) is 13.1 Å². The molecule has 0 amide bonds. The molecule has 0 aromatic carbocycles. The Labute approximate surface area is 102 Å². The number of ether oxygens (including phenoxy) is 1. The largest absolute Gasteiger partial charge is 0.371 e. The Morgan fingerprint density at radius 3 is 2.19 bits per heavy atom. The summed E-state index contributed by atoms with van der Waals surface area (Å²) in [6.07, 6.45) is 3.76. The van der Waals surface area contributed by atoms with Crippen molar-refractivity contribution in [2.45, 2.75) is 72.5 Å². The Kier molecular flexibility index (Phi) is 8.04. The molecule has 0 rings (SSSR count). The van der Waals surface area contributed by atoms with Crippen molar-refractivity contribution in [3.05, 3.63) is 0 Å². The van der Waals surface area contributed by atoms with E-state index in [1.807, 2.05) is 0 Å². The fourth-order valence-electron chi connectivity index (χ4n) is 1.59. The number of hydrogen-bond acceptors (Lipinski definition) is 2. The summed E-state index contributed by atoms with van der Waals surface area (Å²) in [7, 11) is 0. The van der Waals surface area contributed by atoms with Gasteiger partial charge in [-0.15, -0.1) is 0 Å². The van der Waals surface area contributed by atoms with Crippen molar-refractivity contribution >= 4 is 0 Å². The fourth-order valence-corrected chi connectivity index (χ4v) is 1.59. The second-order valence-electron chi connectivity index (χ2n) is 5.69. The molecular formula is C14H31NO. The Balaban J connectivity index is 3.96. The van der Waals surface area contributed by atoms with Crippen LogP contribution in [0.15, 0.2) is 0 Å². The van der Waals surface area contributed by atoms with Gasteiger partial charge >= 0.3 is 0 Å². The van der Waals surface area contributed by atoms with Crippen LogP contribution in [0.5, 0.6) is 0 Å². The summed E-state index contributed by atoms with van der Waals surface area (Å²) >= 11 is 0. The quantitative estimate of drug-likeness (QED) is 0.652. The lowest BCUT2D eigenvalue weighted by molar-refractivity contribution is -0.0753. The van der Waals surface area contributed by atoms with Crippen LogP contribution in [-0.2, 0) is 4.74 Å². The van der Waals surface area contributed by atoms with Crippen LogP contribution in [0.4, 0.5) is 0 Å². The zero-order valence-electron chi connectivity index (χ0n) is 12.1. The van der Waals surface area contributed by atoms with Gasteiger partial charge in [-0.3, -0.25) is 0 Å². The summed E-state index contributed by atoms with van der Waals surface area (Å²) in [5.74, 6) is 0.710. The summed E-state index contributed by atoms with van der Waals surface area (Å²) in [5, 5.41) is 3.49. The SMILES string of the molecule is CCCC(CNCC(C)C)OC(C)(C)CC. The summed E-state index contributed by atoms with van der Waals surface area (Å²) in [4.78, 5) is 0. The third-order valence-electron chi connectivity index (χ3n) is 2.87. The van der Waals surface area contributed by atoms with Crippen LogP contribution < -0.4 is 5.32 Å². The van der Waals surface area contributed by atoms with Gasteiger partial charge in [0.15, 0.2) is 0 Å². The average Bonchev–Trinajstić information content (AvgIpc) is 2.17. The minimum absolute atomic E-state index is 0.0132. The molecule has 2 nitrogen and oxygen atoms in total. The van der Waals surface area contributed by atoms with E-state index in [0.717, 1.165) is 25.9 Å². The van der Waals surface area contributed by atoms with Crippen LogP contribution in [0.3, 0.4) is 0 Å². The van der Waals surface area contributed by atoms with E-state index in [-0.39, 0.29) is 5.60 Å². The highest BCUT2D eigenvalue weighted by atomic mass is 16.5. The maximum atomic E-state index is 6.15. The highest BCUT2D eigenvalue weighted by Gasteiger charge is 2.21. The van der Waals surface area contributed by atoms with Gasteiger partial charge in [-0.1, -0.05) is 34.1 Å². The van der Waals surface area contributed by atoms with Crippen LogP contribution in [0, 0.1) is 5.92 Å². The molecule has 0 heterocycles. The molecular weight excluding hydrogens is 198 g/mol. The van der Waals surface area contributed by atoms with Gasteiger partial charge in [0.25, 0.3) is 0 Å². The first-order chi connectivity index (χ1) is 7.41. The number of hydrogen-bond donors (Lipinski definition) is 1. The standard InChI is InChI=1S/C14H31NO/c1-7-9-13(11-15-10-12(3)4)16-14(5,6)8-2/h12-13,15H,7-11H2,1-6H3. The topological polar surface area (TPSA) is 21.3 Å². The molecule has 98 valence electrons. The van der Waals surface area contributed by atoms with Gasteiger partial charge in [-0.05, 0) is 39.2 Å². The van der Waals surface area contributed by atoms with E-state index in [1.165, 1.54) is 6.42 Å². The monoisotopic (exact) mass is 229 g/mol. The maximum Gasteiger partial charge on any atom is 0.0706 e. The maximum absolute atomic E-state index is 6.15. The van der Waals surface area contributed by atoms with E-state index < -0.39 is 0 Å². The third-order valence-corrected chi connectivity index (χ3v) is 2.87. The molecule has 0 aromatic heterocycles. The normalized spacial score (nSPS) is 14.4. The van der Waals surface area contributed by atoms with Gasteiger partial charge in [-0.2, -0.15) is 0 Å². The summed E-state index contributed by atoms with van der Waals surface area (Å²) in [5.41, 5.74) is 0.0132. The molecule has 1 N–H and O–H groups in total. The smallest absolute Gasteiger partial charge is 0.0706 e. The molecule has 1 unspecified atom stereocenters. The van der Waals surface area contributed by atoms with E-state index in [2.05, 4.69) is 46.9 Å². The first-order valence-corrected chi connectivity index (χ1v) is 6.79. The summed E-state index contributed by atoms with van der Waals surface area (Å²) < 4.78 is 6.15. The zero-order valence-corrected chi connectivity index (χ0v) is 12.1. The minimum Gasteiger partial charge on any atom is -0.371 e. The van der Waals surface area contributed by atoms with Crippen molar-refractivity contribution in [1.82, 2.24) is 5.32 Å². The van der Waals surface area contributed by atoms with Gasteiger partial charge in [0, 0.05) is 6.54 Å². The van der Waals surface area contributed by atoms with Gasteiger partial charge < -0.3 is 10.1 Å². The van der Waals surface area contributed by atoms with E-state index in [1.54, 1.807) is 0 Å². The van der Waals surface area contributed by atoms with Crippen molar-refractivity contribution in [3.8, 4) is 0 Å². The molecule has 0 radical (unpaired) electrons. The Hall–Kier alpha value is -0.0800. The van der Waals surface area contributed by atoms with E-state index in [4.69, 9.17) is 4.74 Å². The highest BCUT2D eigenvalue weighted by molar-refractivity contribution is 4.71. The van der Waals surface area contributed by atoms with Crippen molar-refractivity contribution in [1.29, 1.82) is 0 Å². The number of rotatable bonds is 9. The lowest BCUT2D eigenvalue weighted by Gasteiger charge is -2.30. The summed E-state index contributed by atoms with van der Waals surface area (Å²) in [6.45, 7) is 15.3. The van der Waals surface area contributed by atoms with Gasteiger partial charge in [0.05, 0.1) is 11.7 Å². The average molecular weight is 229 g/mol. The second kappa shape index (κ2) is 8.08. The van der Waals surface area contributed by atoms with E-state index >= 15 is 0 Å². The lowest BCUT2D eigenvalue weighted by Crippen LogP contribution is -2.37. The second-order valence-corrected chi connectivity index (χ2v) is 5.69. The third kappa shape index (κ3) is 8.12. The predicted molar refractivity (Wildman–Crippen MR) is 71.9 cm³/mol. The molecule has 0 fully saturated rings. The van der Waals surface area contributed by atoms with Crippen molar-refractivity contribution < 1.29 is 4.74 Å². The molecule has 0 aliphatic heterocycles. The molecule has 0 spiro atoms. The molecule has 0 aliphatic rings. The molecule has 0 aromatic rings. The zero-order chi connectivity index (χ0) is 12.6. The van der Waals surface area contributed by atoms with Crippen molar-refractivity contribution in [2.24, 2.45) is 5.92 Å². The molecule has 0 saturated heterocycles. The van der Waals surface area contributed by atoms with Crippen LogP contribution >= 0.6 is 0 Å². The van der Waals surface area contributed by atoms with Crippen LogP contribution in [0.2, 0.25) is 0 Å². The first-order valence-electron chi connectivity index (χ1n) is 6.79. The van der Waals surface area contributed by atoms with Gasteiger partial charge in [0.1, 0.15) is 0 Å². The van der Waals surface area contributed by atoms with Gasteiger partial charge in [-0.25, -0.2) is 0 Å². The van der Waals surface area contributed by atoms with E-state index in [9.17, 15) is 0 Å². The molecule has 0 saturated carbocycles. The van der Waals surface area contributed by atoms with Crippen LogP contribution in [0.1, 0.15) is 60.8 Å². The predicted octanol–water partition coefficient (Wildman–Crippen LogP) is 3.61. The van der Waals surface area contributed by atoms with Gasteiger partial charge in [0.2, 0.25) is 0 Å². The fraction of sp³-hybridized carbons (Fsp3) is 1.00. The number of nitrogens with one attached hydrogen (secondary N) is 1. The van der Waals surface area contributed by atoms with Crippen molar-refractivity contribution in [3.63, 3.8) is 0 Å². The lowest BCUT2D eigenvalue weighted by atomic mass is 10.1. The Morgan fingerprint density at radius 2 is 1.75 bits per heavy atom. The minimum atomic E-state index is 0.0132. The van der Waals surface area contributed by atoms with E-state index in [0.29, 0.717) is 12.0 Å². The Morgan fingerprint density at radius 1 is 1.12 bits per heavy atom. The molecule has 16 heavy (non-hydrogen) atoms. The molecule has 0 aliphatic carbocycles. The van der Waals surface area contributed by atoms with Crippen LogP contribution in [-0.4, -0.2) is 24.8 Å². The molecule has 2 heteroatoms. The summed E-state index contributed by atoms with van der Waals surface area (Å²) in [6, 6.07) is 0. The Bertz CT molecular complexity index is 166. The van der Waals surface area contributed by atoms with Crippen LogP contribution in [0.25, 0.3) is 0 Å². The molecule has 0 bridgehead atoms. The first kappa shape index (κ1) is 15.9. The molecule has 1 atom stereocenters.